The normalized spacial score (nSPS) is 15.6. The molecule has 180 valence electrons. The standard InChI is InChI=1S/C25H42N4O3/c1-7-27-13-15-28(16-14-27)12-11-24(31)32-22-17-20(5)25(21(6)18-22)26-23(30)19-29(8-2,9-3)10-4/h17-18H,7-16,19H2,1-6H3/p+1. The molecule has 0 aliphatic carbocycles. The number of amides is 1. The van der Waals surface area contributed by atoms with Gasteiger partial charge in [0.1, 0.15) is 5.75 Å². The highest BCUT2D eigenvalue weighted by Crippen LogP contribution is 2.27. The van der Waals surface area contributed by atoms with Crippen LogP contribution in [0.15, 0.2) is 12.1 Å². The Morgan fingerprint density at radius 3 is 1.97 bits per heavy atom. The maximum atomic E-state index is 12.7. The van der Waals surface area contributed by atoms with Crippen LogP contribution in [0.1, 0.15) is 45.2 Å². The van der Waals surface area contributed by atoms with Gasteiger partial charge in [0, 0.05) is 38.4 Å². The van der Waals surface area contributed by atoms with Crippen LogP contribution in [0.25, 0.3) is 0 Å². The molecule has 1 heterocycles. The van der Waals surface area contributed by atoms with Crippen molar-refractivity contribution in [2.45, 2.75) is 48.0 Å². The van der Waals surface area contributed by atoms with Gasteiger partial charge in [-0.1, -0.05) is 6.92 Å². The number of nitrogens with zero attached hydrogens (tertiary/aromatic N) is 3. The number of carbonyl (C=O) groups is 2. The number of carbonyl (C=O) groups excluding carboxylic acids is 2. The monoisotopic (exact) mass is 447 g/mol. The van der Waals surface area contributed by atoms with Gasteiger partial charge < -0.3 is 24.3 Å². The molecule has 0 unspecified atom stereocenters. The molecule has 0 aromatic heterocycles. The topological polar surface area (TPSA) is 61.9 Å². The minimum Gasteiger partial charge on any atom is -0.426 e. The number of aryl methyl sites for hydroxylation is 2. The van der Waals surface area contributed by atoms with Crippen molar-refractivity contribution in [2.75, 3.05) is 70.8 Å². The number of hydrogen-bond donors (Lipinski definition) is 1. The Bertz CT molecular complexity index is 737. The van der Waals surface area contributed by atoms with Crippen molar-refractivity contribution in [1.29, 1.82) is 0 Å². The summed E-state index contributed by atoms with van der Waals surface area (Å²) in [7, 11) is 0. The lowest BCUT2D eigenvalue weighted by Crippen LogP contribution is -2.52. The number of anilines is 1. The van der Waals surface area contributed by atoms with E-state index in [0.717, 1.165) is 80.2 Å². The predicted octanol–water partition coefficient (Wildman–Crippen LogP) is 3.05. The summed E-state index contributed by atoms with van der Waals surface area (Å²) in [6.07, 6.45) is 0.383. The zero-order valence-corrected chi connectivity index (χ0v) is 21.0. The Kier molecular flexibility index (Phi) is 10.1. The fourth-order valence-electron chi connectivity index (χ4n) is 4.43. The highest BCUT2D eigenvalue weighted by atomic mass is 16.5. The summed E-state index contributed by atoms with van der Waals surface area (Å²) in [5.74, 6) is 0.351. The maximum absolute atomic E-state index is 12.7. The summed E-state index contributed by atoms with van der Waals surface area (Å²) in [6.45, 7) is 21.7. The Morgan fingerprint density at radius 2 is 1.47 bits per heavy atom. The lowest BCUT2D eigenvalue weighted by atomic mass is 10.1. The smallest absolute Gasteiger partial charge is 0.312 e. The summed E-state index contributed by atoms with van der Waals surface area (Å²) in [5.41, 5.74) is 2.61. The lowest BCUT2D eigenvalue weighted by Gasteiger charge is -2.35. The third-order valence-electron chi connectivity index (χ3n) is 7.04. The van der Waals surface area contributed by atoms with Gasteiger partial charge in [-0.25, -0.2) is 0 Å². The molecule has 7 heteroatoms. The zero-order chi connectivity index (χ0) is 23.7. The molecule has 32 heavy (non-hydrogen) atoms. The molecule has 0 atom stereocenters. The van der Waals surface area contributed by atoms with E-state index < -0.39 is 0 Å². The molecule has 0 radical (unpaired) electrons. The Morgan fingerprint density at radius 1 is 0.938 bits per heavy atom. The summed E-state index contributed by atoms with van der Waals surface area (Å²) in [6, 6.07) is 3.67. The SMILES string of the molecule is CCN1CCN(CCC(=O)Oc2cc(C)c(NC(=O)C[N+](CC)(CC)CC)c(C)c2)CC1. The van der Waals surface area contributed by atoms with Gasteiger partial charge in [-0.2, -0.15) is 0 Å². The maximum Gasteiger partial charge on any atom is 0.312 e. The van der Waals surface area contributed by atoms with Crippen molar-refractivity contribution in [2.24, 2.45) is 0 Å². The van der Waals surface area contributed by atoms with Crippen molar-refractivity contribution in [3.8, 4) is 5.75 Å². The molecular weight excluding hydrogens is 404 g/mol. The third kappa shape index (κ3) is 7.29. The summed E-state index contributed by atoms with van der Waals surface area (Å²) >= 11 is 0. The number of hydrogen-bond acceptors (Lipinski definition) is 5. The van der Waals surface area contributed by atoms with Gasteiger partial charge in [-0.05, 0) is 64.4 Å². The van der Waals surface area contributed by atoms with Crippen LogP contribution in [0.4, 0.5) is 5.69 Å². The fourth-order valence-corrected chi connectivity index (χ4v) is 4.43. The van der Waals surface area contributed by atoms with Crippen LogP contribution < -0.4 is 10.1 Å². The van der Waals surface area contributed by atoms with E-state index >= 15 is 0 Å². The average molecular weight is 448 g/mol. The zero-order valence-electron chi connectivity index (χ0n) is 21.0. The highest BCUT2D eigenvalue weighted by Gasteiger charge is 2.25. The first-order chi connectivity index (χ1) is 15.3. The van der Waals surface area contributed by atoms with Crippen LogP contribution in [0.5, 0.6) is 5.75 Å². The molecule has 1 aromatic rings. The number of piperazine rings is 1. The molecular formula is C25H43N4O3+. The number of quaternary nitrogens is 1. The summed E-state index contributed by atoms with van der Waals surface area (Å²) in [4.78, 5) is 29.9. The van der Waals surface area contributed by atoms with E-state index in [1.165, 1.54) is 0 Å². The van der Waals surface area contributed by atoms with Gasteiger partial charge in [0.05, 0.1) is 26.1 Å². The highest BCUT2D eigenvalue weighted by molar-refractivity contribution is 5.93. The van der Waals surface area contributed by atoms with E-state index in [0.29, 0.717) is 18.7 Å². The van der Waals surface area contributed by atoms with Crippen LogP contribution in [-0.4, -0.2) is 91.6 Å². The van der Waals surface area contributed by atoms with Gasteiger partial charge in [0.25, 0.3) is 5.91 Å². The predicted molar refractivity (Wildman–Crippen MR) is 130 cm³/mol. The minimum absolute atomic E-state index is 0.0228. The Labute approximate surface area is 194 Å². The molecule has 0 spiro atoms. The van der Waals surface area contributed by atoms with Gasteiger partial charge in [-0.15, -0.1) is 0 Å². The van der Waals surface area contributed by atoms with E-state index in [2.05, 4.69) is 42.8 Å². The van der Waals surface area contributed by atoms with Gasteiger partial charge in [0.15, 0.2) is 6.54 Å². The van der Waals surface area contributed by atoms with E-state index in [9.17, 15) is 9.59 Å². The first kappa shape index (κ1) is 26.3. The number of benzene rings is 1. The molecule has 2 rings (SSSR count). The molecule has 1 saturated heterocycles. The van der Waals surface area contributed by atoms with Crippen molar-refractivity contribution < 1.29 is 18.8 Å². The second-order valence-electron chi connectivity index (χ2n) is 8.93. The molecule has 0 saturated carbocycles. The number of likely N-dealkylation sites (N-methyl/N-ethyl adjacent to an activating group) is 2. The van der Waals surface area contributed by atoms with Gasteiger partial charge >= 0.3 is 5.97 Å². The molecule has 1 N–H and O–H groups in total. The minimum atomic E-state index is -0.213. The fraction of sp³-hybridized carbons (Fsp3) is 0.680. The van der Waals surface area contributed by atoms with Crippen LogP contribution in [-0.2, 0) is 9.59 Å². The van der Waals surface area contributed by atoms with Crippen LogP contribution in [0, 0.1) is 13.8 Å². The lowest BCUT2D eigenvalue weighted by molar-refractivity contribution is -0.915. The van der Waals surface area contributed by atoms with E-state index in [1.807, 2.05) is 26.0 Å². The Hall–Kier alpha value is -1.96. The van der Waals surface area contributed by atoms with E-state index in [1.54, 1.807) is 0 Å². The largest absolute Gasteiger partial charge is 0.426 e. The van der Waals surface area contributed by atoms with Gasteiger partial charge in [0.2, 0.25) is 0 Å². The van der Waals surface area contributed by atoms with Gasteiger partial charge in [-0.3, -0.25) is 9.59 Å². The molecule has 1 aliphatic heterocycles. The van der Waals surface area contributed by atoms with Crippen LogP contribution in [0.3, 0.4) is 0 Å². The Balaban J connectivity index is 1.91. The molecule has 7 nitrogen and oxygen atoms in total. The van der Waals surface area contributed by atoms with E-state index in [4.69, 9.17) is 4.74 Å². The third-order valence-corrected chi connectivity index (χ3v) is 7.04. The number of esters is 1. The summed E-state index contributed by atoms with van der Waals surface area (Å²) < 4.78 is 6.38. The van der Waals surface area contributed by atoms with Crippen molar-refractivity contribution in [1.82, 2.24) is 9.80 Å². The number of nitrogens with one attached hydrogen (secondary N) is 1. The second kappa shape index (κ2) is 12.3. The van der Waals surface area contributed by atoms with E-state index in [-0.39, 0.29) is 11.9 Å². The first-order valence-corrected chi connectivity index (χ1v) is 12.2. The first-order valence-electron chi connectivity index (χ1n) is 12.2. The average Bonchev–Trinajstić information content (AvgIpc) is 2.79. The van der Waals surface area contributed by atoms with Crippen molar-refractivity contribution >= 4 is 17.6 Å². The van der Waals surface area contributed by atoms with Crippen LogP contribution in [0.2, 0.25) is 0 Å². The molecule has 0 bridgehead atoms. The van der Waals surface area contributed by atoms with Crippen molar-refractivity contribution in [3.05, 3.63) is 23.3 Å². The molecule has 1 amide bonds. The molecule has 1 aromatic carbocycles. The quantitative estimate of drug-likeness (QED) is 0.321. The second-order valence-corrected chi connectivity index (χ2v) is 8.93. The molecule has 1 aliphatic rings. The number of rotatable bonds is 11. The van der Waals surface area contributed by atoms with Crippen LogP contribution >= 0.6 is 0 Å². The summed E-state index contributed by atoms with van der Waals surface area (Å²) in [5, 5.41) is 3.09. The number of ether oxygens (including phenoxy) is 1. The van der Waals surface area contributed by atoms with Crippen molar-refractivity contribution in [3.63, 3.8) is 0 Å². The molecule has 1 fully saturated rings.